The van der Waals surface area contributed by atoms with E-state index in [1.807, 2.05) is 34.9 Å². The van der Waals surface area contributed by atoms with Gasteiger partial charge in [0.15, 0.2) is 0 Å². The first kappa shape index (κ1) is 22.8. The molecule has 1 rings (SSSR count). The summed E-state index contributed by atoms with van der Waals surface area (Å²) in [5.74, 6) is 0. The predicted molar refractivity (Wildman–Crippen MR) is 114 cm³/mol. The third kappa shape index (κ3) is 7.49. The quantitative estimate of drug-likeness (QED) is 0.582. The fraction of sp³-hybridized carbons (Fsp3) is 0.619. The average Bonchev–Trinajstić information content (AvgIpc) is 2.64. The molecule has 0 aliphatic rings. The third-order valence-electron chi connectivity index (χ3n) is 4.28. The van der Waals surface area contributed by atoms with Gasteiger partial charge < -0.3 is 20.4 Å². The Balaban J connectivity index is 2.86. The largest absolute Gasteiger partial charge is 0.325 e. The van der Waals surface area contributed by atoms with Crippen LogP contribution in [0.2, 0.25) is 0 Å². The molecule has 6 nitrogen and oxygen atoms in total. The van der Waals surface area contributed by atoms with Crippen molar-refractivity contribution in [2.24, 2.45) is 0 Å². The number of amides is 4. The lowest BCUT2D eigenvalue weighted by molar-refractivity contribution is 0.211. The van der Waals surface area contributed by atoms with E-state index in [-0.39, 0.29) is 12.1 Å². The van der Waals surface area contributed by atoms with Gasteiger partial charge in [-0.05, 0) is 50.3 Å². The van der Waals surface area contributed by atoms with E-state index in [0.29, 0.717) is 5.69 Å². The summed E-state index contributed by atoms with van der Waals surface area (Å²) in [6.07, 6.45) is 3.70. The summed E-state index contributed by atoms with van der Waals surface area (Å²) in [5, 5.41) is 5.95. The molecule has 0 unspecified atom stereocenters. The van der Waals surface area contributed by atoms with E-state index < -0.39 is 0 Å². The van der Waals surface area contributed by atoms with E-state index in [2.05, 4.69) is 38.3 Å². The van der Waals surface area contributed by atoms with Gasteiger partial charge in [0.1, 0.15) is 0 Å². The van der Waals surface area contributed by atoms with Gasteiger partial charge in [-0.25, -0.2) is 9.59 Å². The van der Waals surface area contributed by atoms with E-state index in [1.165, 1.54) is 0 Å². The van der Waals surface area contributed by atoms with E-state index in [4.69, 9.17) is 0 Å². The molecular formula is C21H36N4O2. The molecule has 0 radical (unpaired) electrons. The van der Waals surface area contributed by atoms with E-state index in [1.54, 1.807) is 0 Å². The van der Waals surface area contributed by atoms with Crippen molar-refractivity contribution < 1.29 is 9.59 Å². The minimum Gasteiger partial charge on any atom is -0.325 e. The number of aryl methyl sites for hydroxylation is 1. The number of hydrogen-bond donors (Lipinski definition) is 2. The van der Waals surface area contributed by atoms with Crippen molar-refractivity contribution in [2.45, 2.75) is 60.3 Å². The standard InChI is InChI=1S/C21H36N4O2/c1-6-12-24(13-7-2)20(26)22-18-11-10-17(5)19(16-18)23-21(27)25(14-8-3)15-9-4/h10-11,16H,6-9,12-15H2,1-5H3,(H,22,26)(H,23,27). The highest BCUT2D eigenvalue weighted by molar-refractivity contribution is 5.93. The van der Waals surface area contributed by atoms with Crippen LogP contribution in [0.3, 0.4) is 0 Å². The maximum atomic E-state index is 12.6. The van der Waals surface area contributed by atoms with Crippen molar-refractivity contribution in [1.82, 2.24) is 9.80 Å². The molecule has 27 heavy (non-hydrogen) atoms. The summed E-state index contributed by atoms with van der Waals surface area (Å²) in [6.45, 7) is 13.1. The number of carbonyl (C=O) groups is 2. The average molecular weight is 377 g/mol. The summed E-state index contributed by atoms with van der Waals surface area (Å²) in [4.78, 5) is 28.7. The number of benzene rings is 1. The van der Waals surface area contributed by atoms with Crippen LogP contribution >= 0.6 is 0 Å². The number of carbonyl (C=O) groups excluding carboxylic acids is 2. The molecule has 0 aliphatic heterocycles. The van der Waals surface area contributed by atoms with Crippen molar-refractivity contribution in [1.29, 1.82) is 0 Å². The molecule has 0 spiro atoms. The molecule has 152 valence electrons. The van der Waals surface area contributed by atoms with E-state index in [9.17, 15) is 9.59 Å². The van der Waals surface area contributed by atoms with Crippen LogP contribution in [0.15, 0.2) is 18.2 Å². The molecule has 6 heteroatoms. The lowest BCUT2D eigenvalue weighted by atomic mass is 10.2. The van der Waals surface area contributed by atoms with Gasteiger partial charge in [-0.15, -0.1) is 0 Å². The van der Waals surface area contributed by atoms with Crippen LogP contribution in [-0.4, -0.2) is 48.0 Å². The molecule has 0 fully saturated rings. The molecule has 4 amide bonds. The van der Waals surface area contributed by atoms with Crippen molar-refractivity contribution >= 4 is 23.4 Å². The Labute approximate surface area is 164 Å². The van der Waals surface area contributed by atoms with Gasteiger partial charge in [0.2, 0.25) is 0 Å². The first-order valence-electron chi connectivity index (χ1n) is 10.2. The Kier molecular flexibility index (Phi) is 10.3. The highest BCUT2D eigenvalue weighted by Gasteiger charge is 2.15. The second kappa shape index (κ2) is 12.2. The highest BCUT2D eigenvalue weighted by Crippen LogP contribution is 2.21. The predicted octanol–water partition coefficient (Wildman–Crippen LogP) is 5.30. The van der Waals surface area contributed by atoms with Gasteiger partial charge >= 0.3 is 12.1 Å². The number of rotatable bonds is 10. The molecule has 1 aromatic carbocycles. The van der Waals surface area contributed by atoms with Crippen LogP contribution in [0, 0.1) is 6.92 Å². The molecule has 0 heterocycles. The number of nitrogens with zero attached hydrogens (tertiary/aromatic N) is 2. The molecule has 1 aromatic rings. The van der Waals surface area contributed by atoms with Gasteiger partial charge in [-0.2, -0.15) is 0 Å². The van der Waals surface area contributed by atoms with Gasteiger partial charge in [0, 0.05) is 37.6 Å². The maximum absolute atomic E-state index is 12.6. The van der Waals surface area contributed by atoms with Crippen molar-refractivity contribution in [3.05, 3.63) is 23.8 Å². The van der Waals surface area contributed by atoms with Crippen molar-refractivity contribution in [2.75, 3.05) is 36.8 Å². The lowest BCUT2D eigenvalue weighted by Gasteiger charge is -2.24. The van der Waals surface area contributed by atoms with Crippen molar-refractivity contribution in [3.8, 4) is 0 Å². The van der Waals surface area contributed by atoms with Gasteiger partial charge in [-0.3, -0.25) is 0 Å². The smallest absolute Gasteiger partial charge is 0.321 e. The normalized spacial score (nSPS) is 10.4. The summed E-state index contributed by atoms with van der Waals surface area (Å²) in [6, 6.07) is 5.42. The fourth-order valence-electron chi connectivity index (χ4n) is 2.94. The summed E-state index contributed by atoms with van der Waals surface area (Å²) in [7, 11) is 0. The first-order chi connectivity index (χ1) is 13.0. The molecule has 2 N–H and O–H groups in total. The van der Waals surface area contributed by atoms with Crippen LogP contribution in [0.4, 0.5) is 21.0 Å². The zero-order valence-corrected chi connectivity index (χ0v) is 17.6. The summed E-state index contributed by atoms with van der Waals surface area (Å²) in [5.41, 5.74) is 2.39. The molecule has 0 saturated heterocycles. The molecule has 0 aliphatic carbocycles. The number of nitrogens with one attached hydrogen (secondary N) is 2. The number of hydrogen-bond acceptors (Lipinski definition) is 2. The molecule has 0 bridgehead atoms. The van der Waals surface area contributed by atoms with E-state index in [0.717, 1.165) is 63.1 Å². The van der Waals surface area contributed by atoms with Crippen LogP contribution in [-0.2, 0) is 0 Å². The number of urea groups is 2. The second-order valence-corrected chi connectivity index (χ2v) is 6.86. The zero-order valence-electron chi connectivity index (χ0n) is 17.6. The Morgan fingerprint density at radius 3 is 1.67 bits per heavy atom. The topological polar surface area (TPSA) is 64.7 Å². The molecular weight excluding hydrogens is 340 g/mol. The summed E-state index contributed by atoms with van der Waals surface area (Å²) < 4.78 is 0. The monoisotopic (exact) mass is 376 g/mol. The Morgan fingerprint density at radius 1 is 0.778 bits per heavy atom. The molecule has 0 atom stereocenters. The van der Waals surface area contributed by atoms with Gasteiger partial charge in [0.05, 0.1) is 0 Å². The van der Waals surface area contributed by atoms with Crippen LogP contribution in [0.25, 0.3) is 0 Å². The molecule has 0 saturated carbocycles. The lowest BCUT2D eigenvalue weighted by Crippen LogP contribution is -2.36. The Hall–Kier alpha value is -2.24. The fourth-order valence-corrected chi connectivity index (χ4v) is 2.94. The highest BCUT2D eigenvalue weighted by atomic mass is 16.2. The Bertz CT molecular complexity index is 592. The van der Waals surface area contributed by atoms with Gasteiger partial charge in [0.25, 0.3) is 0 Å². The van der Waals surface area contributed by atoms with Crippen LogP contribution in [0.1, 0.15) is 58.9 Å². The van der Waals surface area contributed by atoms with Crippen molar-refractivity contribution in [3.63, 3.8) is 0 Å². The first-order valence-corrected chi connectivity index (χ1v) is 10.2. The maximum Gasteiger partial charge on any atom is 0.321 e. The minimum atomic E-state index is -0.0987. The van der Waals surface area contributed by atoms with E-state index >= 15 is 0 Å². The van der Waals surface area contributed by atoms with Gasteiger partial charge in [-0.1, -0.05) is 33.8 Å². The number of anilines is 2. The second-order valence-electron chi connectivity index (χ2n) is 6.86. The SMILES string of the molecule is CCCN(CCC)C(=O)Nc1ccc(C)c(NC(=O)N(CCC)CCC)c1. The van der Waals surface area contributed by atoms with Crippen LogP contribution < -0.4 is 10.6 Å². The summed E-state index contributed by atoms with van der Waals surface area (Å²) >= 11 is 0. The minimum absolute atomic E-state index is 0.0936. The molecule has 0 aromatic heterocycles. The van der Waals surface area contributed by atoms with Crippen LogP contribution in [0.5, 0.6) is 0 Å². The Morgan fingerprint density at radius 2 is 1.22 bits per heavy atom. The zero-order chi connectivity index (χ0) is 20.2. The third-order valence-corrected chi connectivity index (χ3v) is 4.28.